The fraction of sp³-hybridized carbons (Fsp3) is 0.286. The first kappa shape index (κ1) is 25.4. The third-order valence-electron chi connectivity index (χ3n) is 5.67. The van der Waals surface area contributed by atoms with E-state index in [1.807, 2.05) is 48.5 Å². The maximum Gasteiger partial charge on any atom is 0.243 e. The van der Waals surface area contributed by atoms with Crippen LogP contribution in [0.15, 0.2) is 78.9 Å². The zero-order valence-electron chi connectivity index (χ0n) is 19.3. The van der Waals surface area contributed by atoms with E-state index in [2.05, 4.69) is 12.2 Å². The summed E-state index contributed by atoms with van der Waals surface area (Å²) in [5, 5.41) is 3.49. The molecule has 178 valence electrons. The summed E-state index contributed by atoms with van der Waals surface area (Å²) in [4.78, 5) is 28.5. The van der Waals surface area contributed by atoms with Gasteiger partial charge < -0.3 is 10.2 Å². The number of carbonyl (C=O) groups excluding carboxylic acids is 2. The summed E-state index contributed by atoms with van der Waals surface area (Å²) in [5.74, 6) is -0.772. The highest BCUT2D eigenvalue weighted by molar-refractivity contribution is 6.31. The minimum absolute atomic E-state index is 0.0639. The van der Waals surface area contributed by atoms with E-state index in [0.717, 1.165) is 24.0 Å². The van der Waals surface area contributed by atoms with Gasteiger partial charge in [0.25, 0.3) is 0 Å². The minimum Gasteiger partial charge on any atom is -0.354 e. The Kier molecular flexibility index (Phi) is 9.65. The molecule has 3 aromatic rings. The minimum atomic E-state index is -0.723. The Balaban J connectivity index is 1.94. The van der Waals surface area contributed by atoms with Crippen LogP contribution in [0.4, 0.5) is 4.39 Å². The number of hydrogen-bond acceptors (Lipinski definition) is 2. The molecule has 3 rings (SSSR count). The highest BCUT2D eigenvalue weighted by Crippen LogP contribution is 2.20. The molecule has 0 saturated heterocycles. The molecule has 0 spiro atoms. The Morgan fingerprint density at radius 1 is 0.941 bits per heavy atom. The van der Waals surface area contributed by atoms with Crippen LogP contribution in [0, 0.1) is 5.82 Å². The van der Waals surface area contributed by atoms with Gasteiger partial charge in [-0.1, -0.05) is 85.6 Å². The van der Waals surface area contributed by atoms with Gasteiger partial charge in [-0.05, 0) is 41.3 Å². The van der Waals surface area contributed by atoms with Gasteiger partial charge >= 0.3 is 0 Å². The summed E-state index contributed by atoms with van der Waals surface area (Å²) in [7, 11) is 0. The maximum atomic E-state index is 13.6. The smallest absolute Gasteiger partial charge is 0.243 e. The van der Waals surface area contributed by atoms with Gasteiger partial charge in [0, 0.05) is 24.5 Å². The number of unbranched alkanes of at least 4 members (excludes halogenated alkanes) is 1. The van der Waals surface area contributed by atoms with Crippen molar-refractivity contribution in [2.45, 2.75) is 45.2 Å². The molecule has 1 unspecified atom stereocenters. The molecule has 0 aromatic heterocycles. The average Bonchev–Trinajstić information content (AvgIpc) is 2.84. The van der Waals surface area contributed by atoms with E-state index in [0.29, 0.717) is 23.6 Å². The third-order valence-corrected chi connectivity index (χ3v) is 6.04. The Morgan fingerprint density at radius 3 is 2.29 bits per heavy atom. The first-order valence-corrected chi connectivity index (χ1v) is 11.9. The zero-order valence-corrected chi connectivity index (χ0v) is 20.1. The summed E-state index contributed by atoms with van der Waals surface area (Å²) < 4.78 is 13.5. The number of halogens is 2. The van der Waals surface area contributed by atoms with Crippen molar-refractivity contribution in [1.29, 1.82) is 0 Å². The first-order chi connectivity index (χ1) is 16.5. The SMILES string of the molecule is CCCCNC(=O)C(Cc1ccccc1)N(Cc1ccc(F)cc1)C(=O)Cc1ccccc1Cl. The van der Waals surface area contributed by atoms with Gasteiger partial charge in [-0.25, -0.2) is 4.39 Å². The van der Waals surface area contributed by atoms with Crippen LogP contribution in [0.1, 0.15) is 36.5 Å². The van der Waals surface area contributed by atoms with Crippen LogP contribution in [-0.2, 0) is 29.0 Å². The van der Waals surface area contributed by atoms with Gasteiger partial charge in [0.15, 0.2) is 0 Å². The van der Waals surface area contributed by atoms with Gasteiger partial charge in [0.1, 0.15) is 11.9 Å². The van der Waals surface area contributed by atoms with Crippen LogP contribution < -0.4 is 5.32 Å². The van der Waals surface area contributed by atoms with Crippen molar-refractivity contribution in [3.8, 4) is 0 Å². The van der Waals surface area contributed by atoms with Crippen molar-refractivity contribution in [3.05, 3.63) is 106 Å². The van der Waals surface area contributed by atoms with Crippen LogP contribution >= 0.6 is 11.6 Å². The number of hydrogen-bond donors (Lipinski definition) is 1. The normalized spacial score (nSPS) is 11.6. The number of amides is 2. The van der Waals surface area contributed by atoms with E-state index in [4.69, 9.17) is 11.6 Å². The Hall–Kier alpha value is -3.18. The molecule has 0 heterocycles. The van der Waals surface area contributed by atoms with Crippen LogP contribution in [0.25, 0.3) is 0 Å². The fourth-order valence-corrected chi connectivity index (χ4v) is 3.96. The lowest BCUT2D eigenvalue weighted by Gasteiger charge is -2.32. The molecule has 0 aliphatic carbocycles. The quantitative estimate of drug-likeness (QED) is 0.364. The second-order valence-electron chi connectivity index (χ2n) is 8.27. The van der Waals surface area contributed by atoms with Gasteiger partial charge in [-0.2, -0.15) is 0 Å². The van der Waals surface area contributed by atoms with Gasteiger partial charge in [-0.3, -0.25) is 9.59 Å². The molecule has 0 aliphatic rings. The molecular weight excluding hydrogens is 451 g/mol. The third kappa shape index (κ3) is 7.42. The van der Waals surface area contributed by atoms with Crippen molar-refractivity contribution in [2.75, 3.05) is 6.54 Å². The van der Waals surface area contributed by atoms with E-state index in [-0.39, 0.29) is 30.6 Å². The number of benzene rings is 3. The molecule has 1 atom stereocenters. The van der Waals surface area contributed by atoms with E-state index in [9.17, 15) is 14.0 Å². The predicted octanol–water partition coefficient (Wildman–Crippen LogP) is 5.58. The van der Waals surface area contributed by atoms with Crippen molar-refractivity contribution < 1.29 is 14.0 Å². The molecule has 34 heavy (non-hydrogen) atoms. The van der Waals surface area contributed by atoms with Crippen molar-refractivity contribution in [3.63, 3.8) is 0 Å². The lowest BCUT2D eigenvalue weighted by molar-refractivity contribution is -0.140. The van der Waals surface area contributed by atoms with Crippen molar-refractivity contribution in [1.82, 2.24) is 10.2 Å². The van der Waals surface area contributed by atoms with Gasteiger partial charge in [0.2, 0.25) is 11.8 Å². The van der Waals surface area contributed by atoms with Crippen LogP contribution in [0.2, 0.25) is 5.02 Å². The Morgan fingerprint density at radius 2 is 1.62 bits per heavy atom. The molecular formula is C28H30ClFN2O2. The second kappa shape index (κ2) is 12.9. The van der Waals surface area contributed by atoms with Crippen LogP contribution in [-0.4, -0.2) is 29.3 Å². The van der Waals surface area contributed by atoms with E-state index < -0.39 is 6.04 Å². The summed E-state index contributed by atoms with van der Waals surface area (Å²) in [5.41, 5.74) is 2.39. The van der Waals surface area contributed by atoms with Gasteiger partial charge in [0.05, 0.1) is 6.42 Å². The average molecular weight is 481 g/mol. The highest BCUT2D eigenvalue weighted by atomic mass is 35.5. The topological polar surface area (TPSA) is 49.4 Å². The predicted molar refractivity (Wildman–Crippen MR) is 134 cm³/mol. The molecule has 6 heteroatoms. The summed E-state index contributed by atoms with van der Waals surface area (Å²) >= 11 is 6.32. The monoisotopic (exact) mass is 480 g/mol. The first-order valence-electron chi connectivity index (χ1n) is 11.6. The molecule has 4 nitrogen and oxygen atoms in total. The molecule has 0 bridgehead atoms. The molecule has 0 radical (unpaired) electrons. The van der Waals surface area contributed by atoms with E-state index >= 15 is 0 Å². The molecule has 2 amide bonds. The van der Waals surface area contributed by atoms with Gasteiger partial charge in [-0.15, -0.1) is 0 Å². The van der Waals surface area contributed by atoms with Crippen molar-refractivity contribution in [2.24, 2.45) is 0 Å². The second-order valence-corrected chi connectivity index (χ2v) is 8.67. The highest BCUT2D eigenvalue weighted by Gasteiger charge is 2.30. The number of rotatable bonds is 11. The number of nitrogens with zero attached hydrogens (tertiary/aromatic N) is 1. The standard InChI is InChI=1S/C28H30ClFN2O2/c1-2-3-17-31-28(34)26(18-21-9-5-4-6-10-21)32(20-22-13-15-24(30)16-14-22)27(33)19-23-11-7-8-12-25(23)29/h4-16,26H,2-3,17-20H2,1H3,(H,31,34). The maximum absolute atomic E-state index is 13.6. The summed E-state index contributed by atoms with van der Waals surface area (Å²) in [6.07, 6.45) is 2.24. The molecule has 0 fully saturated rings. The van der Waals surface area contributed by atoms with Crippen LogP contribution in [0.3, 0.4) is 0 Å². The van der Waals surface area contributed by atoms with Crippen molar-refractivity contribution >= 4 is 23.4 Å². The fourth-order valence-electron chi connectivity index (χ4n) is 3.75. The number of nitrogens with one attached hydrogen (secondary N) is 1. The van der Waals surface area contributed by atoms with E-state index in [1.165, 1.54) is 12.1 Å². The zero-order chi connectivity index (χ0) is 24.3. The summed E-state index contributed by atoms with van der Waals surface area (Å²) in [6.45, 7) is 2.79. The Bertz CT molecular complexity index is 1070. The van der Waals surface area contributed by atoms with Crippen LogP contribution in [0.5, 0.6) is 0 Å². The number of carbonyl (C=O) groups is 2. The molecule has 1 N–H and O–H groups in total. The largest absolute Gasteiger partial charge is 0.354 e. The lowest BCUT2D eigenvalue weighted by Crippen LogP contribution is -2.51. The molecule has 0 saturated carbocycles. The molecule has 3 aromatic carbocycles. The Labute approximate surface area is 205 Å². The molecule has 0 aliphatic heterocycles. The summed E-state index contributed by atoms with van der Waals surface area (Å²) in [6, 6.07) is 22.1. The lowest BCUT2D eigenvalue weighted by atomic mass is 10.0. The van der Waals surface area contributed by atoms with E-state index in [1.54, 1.807) is 23.1 Å².